The van der Waals surface area contributed by atoms with Crippen molar-refractivity contribution in [3.05, 3.63) is 41.5 Å². The summed E-state index contributed by atoms with van der Waals surface area (Å²) in [7, 11) is 0. The highest BCUT2D eigenvalue weighted by Gasteiger charge is 2.09. The first-order valence-corrected chi connectivity index (χ1v) is 5.96. The summed E-state index contributed by atoms with van der Waals surface area (Å²) >= 11 is 0. The number of aromatic carboxylic acids is 1. The van der Waals surface area contributed by atoms with Crippen LogP contribution in [-0.2, 0) is 6.54 Å². The number of carboxylic acid groups (broad SMARTS) is 1. The van der Waals surface area contributed by atoms with Gasteiger partial charge in [-0.1, -0.05) is 0 Å². The van der Waals surface area contributed by atoms with Gasteiger partial charge in [0.2, 0.25) is 0 Å². The quantitative estimate of drug-likeness (QED) is 0.655. The van der Waals surface area contributed by atoms with Crippen molar-refractivity contribution in [2.45, 2.75) is 13.5 Å². The molecule has 3 aromatic rings. The van der Waals surface area contributed by atoms with Crippen LogP contribution in [0.2, 0.25) is 0 Å². The summed E-state index contributed by atoms with van der Waals surface area (Å²) in [5.74, 6) is -0.281. The molecule has 0 saturated carbocycles. The Kier molecular flexibility index (Phi) is 2.82. The summed E-state index contributed by atoms with van der Waals surface area (Å²) in [5, 5.41) is 22.6. The molecule has 0 aliphatic carbocycles. The van der Waals surface area contributed by atoms with Gasteiger partial charge in [-0.05, 0) is 19.1 Å². The fraction of sp³-hybridized carbons (Fsp3) is 0.167. The van der Waals surface area contributed by atoms with Gasteiger partial charge in [0.05, 0.1) is 18.4 Å². The Balaban J connectivity index is 1.81. The van der Waals surface area contributed by atoms with E-state index in [1.54, 1.807) is 23.0 Å². The van der Waals surface area contributed by atoms with Gasteiger partial charge in [-0.25, -0.2) is 9.78 Å². The molecule has 102 valence electrons. The number of aromatic amines is 1. The molecule has 0 aromatic carbocycles. The van der Waals surface area contributed by atoms with Crippen molar-refractivity contribution in [3.63, 3.8) is 0 Å². The van der Waals surface area contributed by atoms with Crippen LogP contribution >= 0.6 is 0 Å². The summed E-state index contributed by atoms with van der Waals surface area (Å²) in [4.78, 5) is 15.0. The molecule has 3 aromatic heterocycles. The van der Waals surface area contributed by atoms with E-state index in [-0.39, 0.29) is 5.69 Å². The number of aryl methyl sites for hydroxylation is 1. The average molecular weight is 272 g/mol. The first-order valence-electron chi connectivity index (χ1n) is 5.96. The smallest absolute Gasteiger partial charge is 0.356 e. The third-order valence-corrected chi connectivity index (χ3v) is 2.89. The average Bonchev–Trinajstić information content (AvgIpc) is 3.04. The third-order valence-electron chi connectivity index (χ3n) is 2.89. The monoisotopic (exact) mass is 272 g/mol. The fourth-order valence-electron chi connectivity index (χ4n) is 1.89. The largest absolute Gasteiger partial charge is 0.476 e. The van der Waals surface area contributed by atoms with Gasteiger partial charge in [-0.3, -0.25) is 5.10 Å². The molecule has 20 heavy (non-hydrogen) atoms. The normalized spacial score (nSPS) is 10.8. The van der Waals surface area contributed by atoms with Crippen LogP contribution in [0.5, 0.6) is 0 Å². The topological polar surface area (TPSA) is 108 Å². The highest BCUT2D eigenvalue weighted by molar-refractivity contribution is 5.85. The third kappa shape index (κ3) is 2.07. The van der Waals surface area contributed by atoms with Crippen LogP contribution in [0.4, 0.5) is 5.82 Å². The second-order valence-electron chi connectivity index (χ2n) is 4.33. The van der Waals surface area contributed by atoms with E-state index in [0.717, 1.165) is 17.0 Å². The van der Waals surface area contributed by atoms with Crippen molar-refractivity contribution in [1.82, 2.24) is 24.8 Å². The van der Waals surface area contributed by atoms with Gasteiger partial charge in [-0.15, -0.1) is 0 Å². The number of H-pyrrole nitrogens is 1. The van der Waals surface area contributed by atoms with E-state index in [1.165, 1.54) is 6.07 Å². The van der Waals surface area contributed by atoms with Gasteiger partial charge in [0, 0.05) is 11.8 Å². The maximum Gasteiger partial charge on any atom is 0.356 e. The minimum atomic E-state index is -1.05. The van der Waals surface area contributed by atoms with Crippen molar-refractivity contribution < 1.29 is 9.90 Å². The van der Waals surface area contributed by atoms with Gasteiger partial charge in [-0.2, -0.15) is 14.7 Å². The first kappa shape index (κ1) is 12.2. The summed E-state index contributed by atoms with van der Waals surface area (Å²) in [5.41, 5.74) is 2.45. The number of nitrogens with zero attached hydrogens (tertiary/aromatic N) is 4. The standard InChI is InChI=1S/C12H12N6O2/c1-7-5-15-18-10(2-3-13-11(7)18)14-6-8-4-9(12(19)20)17-16-8/h2-5,14H,6H2,1H3,(H,16,17)(H,19,20). The van der Waals surface area contributed by atoms with Gasteiger partial charge < -0.3 is 10.4 Å². The van der Waals surface area contributed by atoms with E-state index < -0.39 is 5.97 Å². The zero-order chi connectivity index (χ0) is 14.1. The van der Waals surface area contributed by atoms with E-state index in [9.17, 15) is 4.79 Å². The number of carboxylic acids is 1. The molecule has 0 saturated heterocycles. The Hall–Kier alpha value is -2.90. The Bertz CT molecular complexity index is 775. The Morgan fingerprint density at radius 3 is 3.15 bits per heavy atom. The van der Waals surface area contributed by atoms with Gasteiger partial charge >= 0.3 is 5.97 Å². The summed E-state index contributed by atoms with van der Waals surface area (Å²) in [6.45, 7) is 2.35. The number of hydrogen-bond acceptors (Lipinski definition) is 5. The summed E-state index contributed by atoms with van der Waals surface area (Å²) in [6.07, 6.45) is 3.44. The minimum Gasteiger partial charge on any atom is -0.476 e. The Morgan fingerprint density at radius 1 is 1.55 bits per heavy atom. The van der Waals surface area contributed by atoms with Crippen molar-refractivity contribution in [2.75, 3.05) is 5.32 Å². The molecule has 3 heterocycles. The SMILES string of the molecule is Cc1cnn2c(NCc3cc(C(=O)O)n[nH]3)ccnc12. The lowest BCUT2D eigenvalue weighted by atomic mass is 10.3. The lowest BCUT2D eigenvalue weighted by Gasteiger charge is -2.06. The molecule has 3 N–H and O–H groups in total. The number of hydrogen-bond donors (Lipinski definition) is 3. The van der Waals surface area contributed by atoms with E-state index in [0.29, 0.717) is 12.2 Å². The van der Waals surface area contributed by atoms with E-state index in [2.05, 4.69) is 25.6 Å². The molecule has 0 unspecified atom stereocenters. The second-order valence-corrected chi connectivity index (χ2v) is 4.33. The maximum absolute atomic E-state index is 10.7. The molecule has 0 fully saturated rings. The van der Waals surface area contributed by atoms with Crippen LogP contribution in [0, 0.1) is 6.92 Å². The van der Waals surface area contributed by atoms with Crippen LogP contribution in [0.1, 0.15) is 21.7 Å². The Labute approximate surface area is 113 Å². The number of carbonyl (C=O) groups is 1. The van der Waals surface area contributed by atoms with Crippen LogP contribution in [-0.4, -0.2) is 35.9 Å². The number of anilines is 1. The van der Waals surface area contributed by atoms with Crippen molar-refractivity contribution >= 4 is 17.4 Å². The molecule has 0 radical (unpaired) electrons. The maximum atomic E-state index is 10.7. The molecule has 0 amide bonds. The molecule has 0 aliphatic rings. The van der Waals surface area contributed by atoms with Crippen LogP contribution < -0.4 is 5.32 Å². The van der Waals surface area contributed by atoms with Gasteiger partial charge in [0.15, 0.2) is 11.3 Å². The molecule has 8 nitrogen and oxygen atoms in total. The van der Waals surface area contributed by atoms with Crippen molar-refractivity contribution in [1.29, 1.82) is 0 Å². The molecular formula is C12H12N6O2. The van der Waals surface area contributed by atoms with Crippen molar-refractivity contribution in [2.24, 2.45) is 0 Å². The molecule has 0 aliphatic heterocycles. The zero-order valence-corrected chi connectivity index (χ0v) is 10.7. The lowest BCUT2D eigenvalue weighted by molar-refractivity contribution is 0.0690. The molecule has 0 bridgehead atoms. The van der Waals surface area contributed by atoms with Crippen molar-refractivity contribution in [3.8, 4) is 0 Å². The molecule has 3 rings (SSSR count). The number of rotatable bonds is 4. The predicted octanol–water partition coefficient (Wildman–Crippen LogP) is 1.07. The van der Waals surface area contributed by atoms with E-state index in [1.807, 2.05) is 6.92 Å². The number of nitrogens with one attached hydrogen (secondary N) is 2. The van der Waals surface area contributed by atoms with Crippen LogP contribution in [0.15, 0.2) is 24.5 Å². The van der Waals surface area contributed by atoms with Crippen LogP contribution in [0.3, 0.4) is 0 Å². The van der Waals surface area contributed by atoms with Crippen LogP contribution in [0.25, 0.3) is 5.65 Å². The summed E-state index contributed by atoms with van der Waals surface area (Å²) in [6, 6.07) is 3.29. The Morgan fingerprint density at radius 2 is 2.40 bits per heavy atom. The molecule has 0 spiro atoms. The zero-order valence-electron chi connectivity index (χ0n) is 10.7. The minimum absolute atomic E-state index is 0.00314. The predicted molar refractivity (Wildman–Crippen MR) is 70.6 cm³/mol. The highest BCUT2D eigenvalue weighted by Crippen LogP contribution is 2.13. The second kappa shape index (κ2) is 4.65. The molecule has 0 atom stereocenters. The fourth-order valence-corrected chi connectivity index (χ4v) is 1.89. The van der Waals surface area contributed by atoms with E-state index in [4.69, 9.17) is 5.11 Å². The summed E-state index contributed by atoms with van der Waals surface area (Å²) < 4.78 is 1.70. The first-order chi connectivity index (χ1) is 9.65. The van der Waals surface area contributed by atoms with Gasteiger partial charge in [0.1, 0.15) is 5.82 Å². The molecular weight excluding hydrogens is 260 g/mol. The highest BCUT2D eigenvalue weighted by atomic mass is 16.4. The van der Waals surface area contributed by atoms with E-state index >= 15 is 0 Å². The number of fused-ring (bicyclic) bond motifs is 1. The molecule has 8 heteroatoms. The van der Waals surface area contributed by atoms with Gasteiger partial charge in [0.25, 0.3) is 0 Å². The number of aromatic nitrogens is 5. The lowest BCUT2D eigenvalue weighted by Crippen LogP contribution is -2.06.